The fourth-order valence-corrected chi connectivity index (χ4v) is 2.95. The number of nitro groups is 1. The van der Waals surface area contributed by atoms with Gasteiger partial charge >= 0.3 is 0 Å². The Balaban J connectivity index is 1.84. The molecule has 1 saturated carbocycles. The van der Waals surface area contributed by atoms with Crippen molar-refractivity contribution < 1.29 is 14.5 Å². The van der Waals surface area contributed by atoms with Crippen LogP contribution >= 0.6 is 0 Å². The van der Waals surface area contributed by atoms with E-state index in [2.05, 4.69) is 5.32 Å². The van der Waals surface area contributed by atoms with E-state index >= 15 is 0 Å². The third-order valence-electron chi connectivity index (χ3n) is 4.43. The molecule has 1 aromatic heterocycles. The average Bonchev–Trinajstić information content (AvgIpc) is 3.46. The fraction of sp³-hybridized carbons (Fsp3) is 0.278. The lowest BCUT2D eigenvalue weighted by Gasteiger charge is -2.19. The smallest absolute Gasteiger partial charge is 0.286 e. The first-order valence-corrected chi connectivity index (χ1v) is 8.40. The number of hydrogen-bond donors (Lipinski definition) is 2. The first kappa shape index (κ1) is 18.3. The summed E-state index contributed by atoms with van der Waals surface area (Å²) in [7, 11) is 0. The number of benzene rings is 1. The average molecular weight is 370 g/mol. The molecule has 0 bridgehead atoms. The number of amides is 2. The third-order valence-corrected chi connectivity index (χ3v) is 4.43. The molecule has 1 heterocycles. The van der Waals surface area contributed by atoms with E-state index in [0.29, 0.717) is 5.92 Å². The molecule has 3 N–H and O–H groups in total. The number of aromatic nitrogens is 1. The topological polar surface area (TPSA) is 137 Å². The second-order valence-corrected chi connectivity index (χ2v) is 6.46. The van der Waals surface area contributed by atoms with E-state index in [1.54, 1.807) is 0 Å². The van der Waals surface area contributed by atoms with Gasteiger partial charge in [-0.2, -0.15) is 0 Å². The molecule has 140 valence electrons. The minimum absolute atomic E-state index is 0.191. The lowest BCUT2D eigenvalue weighted by Crippen LogP contribution is -2.37. The van der Waals surface area contributed by atoms with Gasteiger partial charge in [0, 0.05) is 6.07 Å². The van der Waals surface area contributed by atoms with Crippen molar-refractivity contribution in [1.82, 2.24) is 9.88 Å². The fourth-order valence-electron chi connectivity index (χ4n) is 2.95. The quantitative estimate of drug-likeness (QED) is 0.556. The Morgan fingerprint density at radius 2 is 1.96 bits per heavy atom. The molecular weight excluding hydrogens is 352 g/mol. The number of carbonyl (C=O) groups excluding carboxylic acids is 2. The molecule has 27 heavy (non-hydrogen) atoms. The van der Waals surface area contributed by atoms with Crippen LogP contribution in [-0.4, -0.2) is 21.3 Å². The summed E-state index contributed by atoms with van der Waals surface area (Å²) < 4.78 is 0.836. The third kappa shape index (κ3) is 4.20. The Kier molecular flexibility index (Phi) is 5.02. The highest BCUT2D eigenvalue weighted by Crippen LogP contribution is 2.40. The molecule has 1 aliphatic carbocycles. The minimum Gasteiger partial charge on any atom is -0.365 e. The molecule has 2 amide bonds. The molecule has 1 aromatic carbocycles. The number of hydrogen-bond acceptors (Lipinski definition) is 5. The minimum atomic E-state index is -1.09. The van der Waals surface area contributed by atoms with E-state index in [4.69, 9.17) is 5.73 Å². The first-order valence-electron chi connectivity index (χ1n) is 8.40. The molecule has 1 unspecified atom stereocenters. The van der Waals surface area contributed by atoms with Crippen LogP contribution in [0.25, 0.3) is 0 Å². The molecule has 0 radical (unpaired) electrons. The summed E-state index contributed by atoms with van der Waals surface area (Å²) in [4.78, 5) is 46.4. The highest BCUT2D eigenvalue weighted by atomic mass is 16.6. The van der Waals surface area contributed by atoms with Crippen LogP contribution in [0.1, 0.15) is 34.8 Å². The first-order chi connectivity index (χ1) is 12.9. The predicted octanol–water partition coefficient (Wildman–Crippen LogP) is 1.12. The monoisotopic (exact) mass is 370 g/mol. The predicted molar refractivity (Wildman–Crippen MR) is 95.9 cm³/mol. The Morgan fingerprint density at radius 1 is 1.30 bits per heavy atom. The molecule has 9 heteroatoms. The molecule has 3 rings (SSSR count). The van der Waals surface area contributed by atoms with E-state index in [9.17, 15) is 24.5 Å². The molecule has 1 fully saturated rings. The summed E-state index contributed by atoms with van der Waals surface area (Å²) in [5, 5.41) is 13.9. The van der Waals surface area contributed by atoms with Gasteiger partial charge in [-0.3, -0.25) is 29.1 Å². The number of nitrogens with two attached hydrogens (primary N) is 1. The number of carbonyl (C=O) groups is 2. The number of pyridine rings is 1. The lowest BCUT2D eigenvalue weighted by molar-refractivity contribution is -0.385. The molecule has 1 atom stereocenters. The Labute approximate surface area is 153 Å². The van der Waals surface area contributed by atoms with Gasteiger partial charge in [-0.15, -0.1) is 0 Å². The maximum Gasteiger partial charge on any atom is 0.286 e. The van der Waals surface area contributed by atoms with E-state index in [-0.39, 0.29) is 6.04 Å². The van der Waals surface area contributed by atoms with E-state index in [1.807, 2.05) is 30.3 Å². The lowest BCUT2D eigenvalue weighted by atomic mass is 10.0. The molecule has 0 aliphatic heterocycles. The maximum atomic E-state index is 12.5. The zero-order valence-electron chi connectivity index (χ0n) is 14.3. The van der Waals surface area contributed by atoms with Gasteiger partial charge in [0.2, 0.25) is 5.91 Å². The van der Waals surface area contributed by atoms with Crippen molar-refractivity contribution >= 4 is 17.5 Å². The summed E-state index contributed by atoms with van der Waals surface area (Å²) in [6.45, 7) is -0.448. The van der Waals surface area contributed by atoms with Crippen molar-refractivity contribution in [2.45, 2.75) is 25.4 Å². The van der Waals surface area contributed by atoms with Crippen molar-refractivity contribution in [2.75, 3.05) is 0 Å². The van der Waals surface area contributed by atoms with Crippen LogP contribution in [0.4, 0.5) is 5.69 Å². The summed E-state index contributed by atoms with van der Waals surface area (Å²) in [6.07, 6.45) is 2.91. The van der Waals surface area contributed by atoms with Gasteiger partial charge < -0.3 is 11.1 Å². The molecular formula is C18H18N4O5. The van der Waals surface area contributed by atoms with Crippen molar-refractivity contribution in [3.8, 4) is 0 Å². The number of nitrogens with one attached hydrogen (secondary N) is 1. The number of nitrogens with zero attached hydrogens (tertiary/aromatic N) is 2. The second-order valence-electron chi connectivity index (χ2n) is 6.46. The molecule has 0 saturated heterocycles. The number of primary amides is 1. The van der Waals surface area contributed by atoms with Crippen LogP contribution in [-0.2, 0) is 11.3 Å². The molecule has 2 aromatic rings. The van der Waals surface area contributed by atoms with E-state index in [0.717, 1.165) is 35.2 Å². The van der Waals surface area contributed by atoms with Crippen LogP contribution in [0, 0.1) is 16.0 Å². The van der Waals surface area contributed by atoms with Crippen LogP contribution in [0.15, 0.2) is 47.4 Å². The van der Waals surface area contributed by atoms with Crippen molar-refractivity contribution in [3.63, 3.8) is 0 Å². The van der Waals surface area contributed by atoms with Gasteiger partial charge in [0.05, 0.1) is 17.2 Å². The van der Waals surface area contributed by atoms with E-state index in [1.165, 1.54) is 0 Å². The summed E-state index contributed by atoms with van der Waals surface area (Å²) in [5.41, 5.74) is 4.21. The molecule has 0 spiro atoms. The van der Waals surface area contributed by atoms with Gasteiger partial charge in [-0.05, 0) is 24.3 Å². The Bertz CT molecular complexity index is 950. The van der Waals surface area contributed by atoms with Crippen LogP contribution < -0.4 is 16.6 Å². The molecule has 1 aliphatic rings. The standard InChI is InChI=1S/C18H18N4O5/c19-17(24)14-8-13(22(26)27)9-21(18(14)25)10-15(23)20-16(12-6-7-12)11-4-2-1-3-5-11/h1-5,8-9,12,16H,6-7,10H2,(H2,19,24)(H,20,23). The van der Waals surface area contributed by atoms with Crippen molar-refractivity contribution in [3.05, 3.63) is 74.2 Å². The normalized spacial score (nSPS) is 14.4. The highest BCUT2D eigenvalue weighted by Gasteiger charge is 2.33. The Morgan fingerprint density at radius 3 is 2.52 bits per heavy atom. The SMILES string of the molecule is NC(=O)c1cc([N+](=O)[O-])cn(CC(=O)NC(c2ccccc2)C2CC2)c1=O. The van der Waals surface area contributed by atoms with Crippen molar-refractivity contribution in [1.29, 1.82) is 0 Å². The van der Waals surface area contributed by atoms with Gasteiger partial charge in [-0.1, -0.05) is 30.3 Å². The molecule has 9 nitrogen and oxygen atoms in total. The van der Waals surface area contributed by atoms with Crippen molar-refractivity contribution in [2.24, 2.45) is 11.7 Å². The maximum absolute atomic E-state index is 12.5. The van der Waals surface area contributed by atoms with Gasteiger partial charge in [0.1, 0.15) is 12.1 Å². The zero-order chi connectivity index (χ0) is 19.6. The van der Waals surface area contributed by atoms with Crippen LogP contribution in [0.3, 0.4) is 0 Å². The highest BCUT2D eigenvalue weighted by molar-refractivity contribution is 5.93. The van der Waals surface area contributed by atoms with Gasteiger partial charge in [0.15, 0.2) is 0 Å². The van der Waals surface area contributed by atoms with Gasteiger partial charge in [-0.25, -0.2) is 0 Å². The van der Waals surface area contributed by atoms with Gasteiger partial charge in [0.25, 0.3) is 17.2 Å². The largest absolute Gasteiger partial charge is 0.365 e. The second kappa shape index (κ2) is 7.40. The van der Waals surface area contributed by atoms with Crippen LogP contribution in [0.5, 0.6) is 0 Å². The zero-order valence-corrected chi connectivity index (χ0v) is 14.3. The summed E-state index contributed by atoms with van der Waals surface area (Å²) >= 11 is 0. The van der Waals surface area contributed by atoms with Crippen LogP contribution in [0.2, 0.25) is 0 Å². The van der Waals surface area contributed by atoms with E-state index < -0.39 is 40.1 Å². The Hall–Kier alpha value is -3.49. The summed E-state index contributed by atoms with van der Waals surface area (Å²) in [5.74, 6) is -1.24. The number of rotatable bonds is 7. The summed E-state index contributed by atoms with van der Waals surface area (Å²) in [6, 6.07) is 10.1.